The first kappa shape index (κ1) is 19.9. The number of carboxylic acid groups (broad SMARTS) is 1. The summed E-state index contributed by atoms with van der Waals surface area (Å²) in [5.41, 5.74) is 1.35. The molecule has 0 unspecified atom stereocenters. The van der Waals surface area contributed by atoms with Gasteiger partial charge in [-0.15, -0.1) is 0 Å². The molecule has 1 amide bonds. The minimum atomic E-state index is -1.01. The molecule has 3 rings (SSSR count). The lowest BCUT2D eigenvalue weighted by molar-refractivity contribution is -0.138. The number of halogens is 2. The van der Waals surface area contributed by atoms with E-state index >= 15 is 0 Å². The fraction of sp³-hybridized carbons (Fsp3) is 0.105. The monoisotopic (exact) mass is 437 g/mol. The fourth-order valence-electron chi connectivity index (χ4n) is 2.71. The molecule has 4 nitrogen and oxygen atoms in total. The molecule has 1 fully saturated rings. The molecule has 1 heterocycles. The Bertz CT molecular complexity index is 947. The number of rotatable bonds is 5. The Morgan fingerprint density at radius 3 is 2.56 bits per heavy atom. The van der Waals surface area contributed by atoms with E-state index in [0.29, 0.717) is 30.4 Å². The van der Waals surface area contributed by atoms with E-state index in [2.05, 4.69) is 0 Å². The van der Waals surface area contributed by atoms with E-state index in [-0.39, 0.29) is 12.3 Å². The maximum atomic E-state index is 13.0. The van der Waals surface area contributed by atoms with E-state index in [0.717, 1.165) is 11.8 Å². The van der Waals surface area contributed by atoms with Gasteiger partial charge in [0.15, 0.2) is 0 Å². The lowest BCUT2D eigenvalue weighted by atomic mass is 10.0. The van der Waals surface area contributed by atoms with Crippen molar-refractivity contribution in [3.05, 3.63) is 74.6 Å². The minimum absolute atomic E-state index is 0.245. The Labute approximate surface area is 175 Å². The van der Waals surface area contributed by atoms with E-state index in [1.807, 2.05) is 6.07 Å². The smallest absolute Gasteiger partial charge is 0.305 e. The molecule has 27 heavy (non-hydrogen) atoms. The molecule has 1 aliphatic heterocycles. The number of thiocarbonyl (C=S) groups is 1. The average molecular weight is 438 g/mol. The second-order valence-electron chi connectivity index (χ2n) is 5.74. The standard InChI is InChI=1S/C19H13Cl2NO3S2/c20-13-7-6-12(14(21)9-13)8-16-18(25)22(19(26)27-16)15(10-17(23)24)11-4-2-1-3-5-11/h1-9,15H,10H2,(H,23,24)/b16-8-/t15-/m1/s1. The van der Waals surface area contributed by atoms with Crippen LogP contribution in [0.1, 0.15) is 23.6 Å². The third-order valence-corrected chi connectivity index (χ3v) is 5.83. The third-order valence-electron chi connectivity index (χ3n) is 3.94. The minimum Gasteiger partial charge on any atom is -0.481 e. The van der Waals surface area contributed by atoms with Crippen LogP contribution in [-0.2, 0) is 9.59 Å². The van der Waals surface area contributed by atoms with Gasteiger partial charge in [-0.1, -0.05) is 83.6 Å². The molecule has 1 N–H and O–H groups in total. The van der Waals surface area contributed by atoms with Crippen molar-refractivity contribution in [2.24, 2.45) is 0 Å². The van der Waals surface area contributed by atoms with Crippen LogP contribution < -0.4 is 0 Å². The van der Waals surface area contributed by atoms with Gasteiger partial charge < -0.3 is 5.11 Å². The Morgan fingerprint density at radius 1 is 1.22 bits per heavy atom. The molecule has 0 saturated carbocycles. The maximum Gasteiger partial charge on any atom is 0.305 e. The van der Waals surface area contributed by atoms with Gasteiger partial charge in [0, 0.05) is 10.0 Å². The van der Waals surface area contributed by atoms with Crippen molar-refractivity contribution in [3.8, 4) is 0 Å². The third kappa shape index (κ3) is 4.52. The highest BCUT2D eigenvalue weighted by Gasteiger charge is 2.38. The van der Waals surface area contributed by atoms with Crippen LogP contribution in [0.3, 0.4) is 0 Å². The van der Waals surface area contributed by atoms with E-state index < -0.39 is 12.0 Å². The molecule has 1 saturated heterocycles. The van der Waals surface area contributed by atoms with Crippen LogP contribution in [0.15, 0.2) is 53.4 Å². The number of hydrogen-bond acceptors (Lipinski definition) is 4. The summed E-state index contributed by atoms with van der Waals surface area (Å²) in [6, 6.07) is 13.3. The largest absolute Gasteiger partial charge is 0.481 e. The number of carbonyl (C=O) groups excluding carboxylic acids is 1. The summed E-state index contributed by atoms with van der Waals surface area (Å²) < 4.78 is 0.312. The van der Waals surface area contributed by atoms with E-state index in [9.17, 15) is 14.7 Å². The Morgan fingerprint density at radius 2 is 1.93 bits per heavy atom. The molecule has 1 aliphatic rings. The van der Waals surface area contributed by atoms with Gasteiger partial charge >= 0.3 is 5.97 Å². The first-order chi connectivity index (χ1) is 12.9. The molecule has 1 atom stereocenters. The first-order valence-corrected chi connectivity index (χ1v) is 9.83. The van der Waals surface area contributed by atoms with Crippen molar-refractivity contribution in [3.63, 3.8) is 0 Å². The highest BCUT2D eigenvalue weighted by Crippen LogP contribution is 2.40. The fourth-order valence-corrected chi connectivity index (χ4v) is 4.52. The van der Waals surface area contributed by atoms with Gasteiger partial charge in [0.05, 0.1) is 17.4 Å². The molecule has 0 radical (unpaired) electrons. The number of hydrogen-bond donors (Lipinski definition) is 1. The van der Waals surface area contributed by atoms with Gasteiger partial charge in [0.2, 0.25) is 0 Å². The number of amides is 1. The Hall–Kier alpha value is -1.86. The van der Waals surface area contributed by atoms with Gasteiger partial charge in [-0.2, -0.15) is 0 Å². The van der Waals surface area contributed by atoms with Gasteiger partial charge in [0.25, 0.3) is 5.91 Å². The molecular weight excluding hydrogens is 425 g/mol. The zero-order chi connectivity index (χ0) is 19.6. The zero-order valence-corrected chi connectivity index (χ0v) is 16.9. The van der Waals surface area contributed by atoms with Crippen LogP contribution >= 0.6 is 47.2 Å². The lowest BCUT2D eigenvalue weighted by Gasteiger charge is -2.26. The SMILES string of the molecule is O=C(O)C[C@H](c1ccccc1)N1C(=O)/C(=C/c2ccc(Cl)cc2Cl)SC1=S. The van der Waals surface area contributed by atoms with Gasteiger partial charge in [-0.05, 0) is 29.3 Å². The predicted molar refractivity (Wildman–Crippen MR) is 113 cm³/mol. The van der Waals surface area contributed by atoms with Crippen LogP contribution in [0.5, 0.6) is 0 Å². The second-order valence-corrected chi connectivity index (χ2v) is 8.26. The maximum absolute atomic E-state index is 13.0. The highest BCUT2D eigenvalue weighted by molar-refractivity contribution is 8.26. The van der Waals surface area contributed by atoms with Crippen molar-refractivity contribution in [2.45, 2.75) is 12.5 Å². The molecule has 8 heteroatoms. The number of nitrogens with zero attached hydrogens (tertiary/aromatic N) is 1. The highest BCUT2D eigenvalue weighted by atomic mass is 35.5. The normalized spacial score (nSPS) is 16.8. The molecule has 2 aromatic rings. The van der Waals surface area contributed by atoms with Crippen LogP contribution in [-0.4, -0.2) is 26.2 Å². The molecule has 0 aromatic heterocycles. The number of benzene rings is 2. The van der Waals surface area contributed by atoms with Gasteiger partial charge in [-0.25, -0.2) is 0 Å². The topological polar surface area (TPSA) is 57.6 Å². The van der Waals surface area contributed by atoms with E-state index in [1.54, 1.807) is 48.5 Å². The quantitative estimate of drug-likeness (QED) is 0.500. The summed E-state index contributed by atoms with van der Waals surface area (Å²) >= 11 is 18.6. The van der Waals surface area contributed by atoms with Gasteiger partial charge in [0.1, 0.15) is 4.32 Å². The molecule has 138 valence electrons. The van der Waals surface area contributed by atoms with Crippen molar-refractivity contribution < 1.29 is 14.7 Å². The summed E-state index contributed by atoms with van der Waals surface area (Å²) in [6.45, 7) is 0. The number of carboxylic acids is 1. The Balaban J connectivity index is 1.96. The van der Waals surface area contributed by atoms with E-state index in [4.69, 9.17) is 35.4 Å². The van der Waals surface area contributed by atoms with Crippen LogP contribution in [0, 0.1) is 0 Å². The molecule has 2 aromatic carbocycles. The second kappa shape index (κ2) is 8.44. The van der Waals surface area contributed by atoms with E-state index in [1.165, 1.54) is 4.90 Å². The van der Waals surface area contributed by atoms with Gasteiger partial charge in [-0.3, -0.25) is 14.5 Å². The molecule has 0 bridgehead atoms. The summed E-state index contributed by atoms with van der Waals surface area (Å²) in [5.74, 6) is -1.35. The summed E-state index contributed by atoms with van der Waals surface area (Å²) in [4.78, 5) is 26.1. The van der Waals surface area contributed by atoms with Crippen LogP contribution in [0.2, 0.25) is 10.0 Å². The average Bonchev–Trinajstić information content (AvgIpc) is 2.89. The molecule has 0 aliphatic carbocycles. The first-order valence-electron chi connectivity index (χ1n) is 7.85. The number of aliphatic carboxylic acids is 1. The summed E-state index contributed by atoms with van der Waals surface area (Å²) in [5, 5.41) is 10.2. The summed E-state index contributed by atoms with van der Waals surface area (Å²) in [7, 11) is 0. The van der Waals surface area contributed by atoms with Crippen molar-refractivity contribution >= 4 is 69.5 Å². The number of carbonyl (C=O) groups is 2. The molecular formula is C19H13Cl2NO3S2. The number of thioether (sulfide) groups is 1. The predicted octanol–water partition coefficient (Wildman–Crippen LogP) is 5.41. The Kier molecular flexibility index (Phi) is 6.22. The van der Waals surface area contributed by atoms with Crippen LogP contribution in [0.4, 0.5) is 0 Å². The summed E-state index contributed by atoms with van der Waals surface area (Å²) in [6.07, 6.45) is 1.40. The van der Waals surface area contributed by atoms with Crippen LogP contribution in [0.25, 0.3) is 6.08 Å². The molecule has 0 spiro atoms. The zero-order valence-electron chi connectivity index (χ0n) is 13.8. The van der Waals surface area contributed by atoms with Crippen molar-refractivity contribution in [1.82, 2.24) is 4.90 Å². The lowest BCUT2D eigenvalue weighted by Crippen LogP contribution is -2.34. The van der Waals surface area contributed by atoms with Crippen molar-refractivity contribution in [1.29, 1.82) is 0 Å². The van der Waals surface area contributed by atoms with Crippen molar-refractivity contribution in [2.75, 3.05) is 0 Å².